The molecule has 13 heteroatoms. The van der Waals surface area contributed by atoms with E-state index in [1.807, 2.05) is 17.0 Å². The molecule has 1 aromatic heterocycles. The van der Waals surface area contributed by atoms with Crippen molar-refractivity contribution in [3.8, 4) is 0 Å². The fourth-order valence-corrected chi connectivity index (χ4v) is 5.42. The number of rotatable bonds is 6. The van der Waals surface area contributed by atoms with Crippen molar-refractivity contribution in [2.45, 2.75) is 12.8 Å². The monoisotopic (exact) mass is 570 g/mol. The normalized spacial score (nSPS) is 18.1. The zero-order valence-corrected chi connectivity index (χ0v) is 22.9. The van der Waals surface area contributed by atoms with Crippen LogP contribution in [0.2, 0.25) is 5.02 Å². The molecule has 0 spiro atoms. The van der Waals surface area contributed by atoms with E-state index < -0.39 is 20.1 Å². The maximum atomic E-state index is 12.7. The standard InChI is InChI=1S/C23H27ClN4O3S.CH4O3S/c24-21-3-1-19(2-4-21)9-16-32(30,31)28-15-14-27(23(29)18-28)17-20-7-12-26(13-8-20)22-5-10-25-11-6-22;1-5(2,3)4/h1-6,9-11,16,20H,7-8,12-15,17-18H2;1H3,(H,2,3,4)/b16-9+;. The lowest BCUT2D eigenvalue weighted by Gasteiger charge is -2.38. The van der Waals surface area contributed by atoms with Crippen LogP contribution < -0.4 is 4.90 Å². The van der Waals surface area contributed by atoms with E-state index in [0.717, 1.165) is 36.9 Å². The highest BCUT2D eigenvalue weighted by atomic mass is 35.5. The molecule has 1 aromatic carbocycles. The molecule has 0 unspecified atom stereocenters. The van der Waals surface area contributed by atoms with Gasteiger partial charge in [-0.2, -0.15) is 12.7 Å². The number of anilines is 1. The maximum Gasteiger partial charge on any atom is 0.261 e. The van der Waals surface area contributed by atoms with Crippen molar-refractivity contribution in [1.29, 1.82) is 0 Å². The second-order valence-electron chi connectivity index (χ2n) is 8.94. The van der Waals surface area contributed by atoms with Crippen molar-refractivity contribution in [2.24, 2.45) is 5.92 Å². The van der Waals surface area contributed by atoms with Gasteiger partial charge in [0.25, 0.3) is 10.1 Å². The van der Waals surface area contributed by atoms with Crippen molar-refractivity contribution in [3.05, 3.63) is 64.8 Å². The molecule has 2 saturated heterocycles. The third-order valence-electron chi connectivity index (χ3n) is 6.07. The molecule has 1 amide bonds. The minimum atomic E-state index is -3.67. The number of carbonyl (C=O) groups excluding carboxylic acids is 1. The Labute approximate surface area is 223 Å². The predicted molar refractivity (Wildman–Crippen MR) is 144 cm³/mol. The Morgan fingerprint density at radius 1 is 1.00 bits per heavy atom. The summed E-state index contributed by atoms with van der Waals surface area (Å²) >= 11 is 5.86. The first kappa shape index (κ1) is 29.1. The molecule has 3 heterocycles. The molecule has 10 nitrogen and oxygen atoms in total. The predicted octanol–water partition coefficient (Wildman–Crippen LogP) is 2.60. The zero-order valence-electron chi connectivity index (χ0n) is 20.5. The first-order valence-electron chi connectivity index (χ1n) is 11.7. The number of amides is 1. The average Bonchev–Trinajstić information content (AvgIpc) is 2.85. The molecule has 0 bridgehead atoms. The molecule has 0 atom stereocenters. The summed E-state index contributed by atoms with van der Waals surface area (Å²) in [6.07, 6.45) is 7.87. The van der Waals surface area contributed by atoms with E-state index in [2.05, 4.69) is 9.88 Å². The second-order valence-corrected chi connectivity index (χ2v) is 12.7. The van der Waals surface area contributed by atoms with Gasteiger partial charge in [-0.3, -0.25) is 14.3 Å². The number of pyridine rings is 1. The topological polar surface area (TPSA) is 128 Å². The molecule has 2 aromatic rings. The number of benzene rings is 1. The summed E-state index contributed by atoms with van der Waals surface area (Å²) in [5.41, 5.74) is 1.92. The highest BCUT2D eigenvalue weighted by molar-refractivity contribution is 7.92. The molecular formula is C24H31ClN4O6S2. The van der Waals surface area contributed by atoms with Crippen LogP contribution in [-0.4, -0.2) is 87.0 Å². The van der Waals surface area contributed by atoms with E-state index in [4.69, 9.17) is 16.2 Å². The van der Waals surface area contributed by atoms with Crippen molar-refractivity contribution in [3.63, 3.8) is 0 Å². The Kier molecular flexibility index (Phi) is 10.1. The number of piperazine rings is 1. The van der Waals surface area contributed by atoms with E-state index >= 15 is 0 Å². The number of carbonyl (C=O) groups is 1. The summed E-state index contributed by atoms with van der Waals surface area (Å²) in [5, 5.41) is 1.75. The van der Waals surface area contributed by atoms with Crippen LogP contribution in [0.15, 0.2) is 54.2 Å². The van der Waals surface area contributed by atoms with Gasteiger partial charge in [0.05, 0.1) is 12.8 Å². The minimum Gasteiger partial charge on any atom is -0.371 e. The van der Waals surface area contributed by atoms with Crippen LogP contribution in [-0.2, 0) is 24.9 Å². The molecule has 1 N–H and O–H groups in total. The molecule has 202 valence electrons. The van der Waals surface area contributed by atoms with Gasteiger partial charge < -0.3 is 9.80 Å². The summed E-state index contributed by atoms with van der Waals surface area (Å²) in [7, 11) is -7.33. The van der Waals surface area contributed by atoms with Crippen molar-refractivity contribution in [2.75, 3.05) is 50.4 Å². The van der Waals surface area contributed by atoms with Gasteiger partial charge >= 0.3 is 0 Å². The van der Waals surface area contributed by atoms with Gasteiger partial charge in [-0.1, -0.05) is 23.7 Å². The van der Waals surface area contributed by atoms with Gasteiger partial charge in [-0.05, 0) is 54.7 Å². The smallest absolute Gasteiger partial charge is 0.261 e. The van der Waals surface area contributed by atoms with Crippen molar-refractivity contribution >= 4 is 49.4 Å². The third-order valence-corrected chi connectivity index (χ3v) is 7.83. The highest BCUT2D eigenvalue weighted by Gasteiger charge is 2.32. The maximum absolute atomic E-state index is 12.7. The Hall–Kier alpha value is -2.51. The summed E-state index contributed by atoms with van der Waals surface area (Å²) in [4.78, 5) is 20.9. The lowest BCUT2D eigenvalue weighted by atomic mass is 9.95. The second kappa shape index (κ2) is 12.8. The molecule has 0 aliphatic carbocycles. The Balaban J connectivity index is 0.000000695. The average molecular weight is 571 g/mol. The van der Waals surface area contributed by atoms with Gasteiger partial charge in [-0.25, -0.2) is 8.42 Å². The van der Waals surface area contributed by atoms with Crippen LogP contribution in [0.25, 0.3) is 6.08 Å². The van der Waals surface area contributed by atoms with Crippen LogP contribution in [0.1, 0.15) is 18.4 Å². The lowest BCUT2D eigenvalue weighted by Crippen LogP contribution is -2.53. The number of nitrogens with zero attached hydrogens (tertiary/aromatic N) is 4. The van der Waals surface area contributed by atoms with E-state index in [9.17, 15) is 21.6 Å². The van der Waals surface area contributed by atoms with Gasteiger partial charge in [0.1, 0.15) is 0 Å². The van der Waals surface area contributed by atoms with Crippen LogP contribution in [0.5, 0.6) is 0 Å². The summed E-state index contributed by atoms with van der Waals surface area (Å²) < 4.78 is 52.5. The Morgan fingerprint density at radius 2 is 1.59 bits per heavy atom. The molecule has 0 radical (unpaired) electrons. The van der Waals surface area contributed by atoms with Gasteiger partial charge in [-0.15, -0.1) is 0 Å². The highest BCUT2D eigenvalue weighted by Crippen LogP contribution is 2.24. The summed E-state index contributed by atoms with van der Waals surface area (Å²) in [6.45, 7) is 3.23. The van der Waals surface area contributed by atoms with Crippen LogP contribution in [0.3, 0.4) is 0 Å². The largest absolute Gasteiger partial charge is 0.371 e. The van der Waals surface area contributed by atoms with Crippen molar-refractivity contribution in [1.82, 2.24) is 14.2 Å². The Morgan fingerprint density at radius 3 is 2.16 bits per heavy atom. The van der Waals surface area contributed by atoms with Crippen LogP contribution in [0.4, 0.5) is 5.69 Å². The van der Waals surface area contributed by atoms with Crippen LogP contribution in [0, 0.1) is 5.92 Å². The number of halogens is 1. The molecule has 4 rings (SSSR count). The van der Waals surface area contributed by atoms with Gasteiger partial charge in [0, 0.05) is 61.2 Å². The quantitative estimate of drug-likeness (QED) is 0.525. The fraction of sp³-hybridized carbons (Fsp3) is 0.417. The first-order chi connectivity index (χ1) is 17.4. The summed E-state index contributed by atoms with van der Waals surface area (Å²) in [5.74, 6) is 0.307. The van der Waals surface area contributed by atoms with E-state index in [1.54, 1.807) is 36.7 Å². The van der Waals surface area contributed by atoms with Crippen molar-refractivity contribution < 1.29 is 26.2 Å². The van der Waals surface area contributed by atoms with E-state index in [0.29, 0.717) is 36.8 Å². The van der Waals surface area contributed by atoms with E-state index in [-0.39, 0.29) is 12.5 Å². The molecule has 2 fully saturated rings. The number of hydrogen-bond acceptors (Lipinski definition) is 7. The van der Waals surface area contributed by atoms with Gasteiger partial charge in [0.15, 0.2) is 0 Å². The lowest BCUT2D eigenvalue weighted by molar-refractivity contribution is -0.134. The molecular weight excluding hydrogens is 540 g/mol. The third kappa shape index (κ3) is 9.71. The molecule has 37 heavy (non-hydrogen) atoms. The minimum absolute atomic E-state index is 0.108. The fourth-order valence-electron chi connectivity index (χ4n) is 4.16. The number of sulfonamides is 1. The number of piperidine rings is 1. The van der Waals surface area contributed by atoms with E-state index in [1.165, 1.54) is 16.1 Å². The number of hydrogen-bond donors (Lipinski definition) is 1. The Bertz CT molecular complexity index is 1270. The number of aromatic nitrogens is 1. The first-order valence-corrected chi connectivity index (χ1v) is 15.4. The molecule has 2 aliphatic rings. The SMILES string of the molecule is CS(=O)(=O)O.O=C1CN(S(=O)(=O)/C=C/c2ccc(Cl)cc2)CCN1CC1CCN(c2ccncc2)CC1. The van der Waals surface area contributed by atoms with Crippen LogP contribution >= 0.6 is 11.6 Å². The van der Waals surface area contributed by atoms with Gasteiger partial charge in [0.2, 0.25) is 15.9 Å². The molecule has 0 saturated carbocycles. The molecule has 2 aliphatic heterocycles. The zero-order chi connectivity index (χ0) is 27.1. The summed E-state index contributed by atoms with van der Waals surface area (Å²) in [6, 6.07) is 10.9.